The summed E-state index contributed by atoms with van der Waals surface area (Å²) >= 11 is 1.53. The third-order valence-corrected chi connectivity index (χ3v) is 6.30. The molecule has 0 saturated carbocycles. The molecule has 1 amide bonds. The van der Waals surface area contributed by atoms with Crippen LogP contribution in [0.2, 0.25) is 0 Å². The Balaban J connectivity index is 1.44. The zero-order chi connectivity index (χ0) is 17.9. The van der Waals surface area contributed by atoms with Crippen molar-refractivity contribution in [3.05, 3.63) is 29.3 Å². The van der Waals surface area contributed by atoms with Gasteiger partial charge < -0.3 is 19.1 Å². The van der Waals surface area contributed by atoms with Crippen molar-refractivity contribution in [2.24, 2.45) is 5.92 Å². The lowest BCUT2D eigenvalue weighted by Crippen LogP contribution is -2.41. The van der Waals surface area contributed by atoms with Crippen molar-refractivity contribution in [2.45, 2.75) is 26.3 Å². The molecule has 2 aromatic rings. The topological polar surface area (TPSA) is 63.5 Å². The predicted molar refractivity (Wildman–Crippen MR) is 101 cm³/mol. The Morgan fingerprint density at radius 3 is 2.96 bits per heavy atom. The fraction of sp³-hybridized carbons (Fsp3) is 0.611. The first-order valence-electron chi connectivity index (χ1n) is 9.26. The minimum absolute atomic E-state index is 0.134. The molecule has 1 atom stereocenters. The van der Waals surface area contributed by atoms with Gasteiger partial charge in [0.05, 0.1) is 25.2 Å². The molecule has 8 heteroatoms. The Labute approximate surface area is 157 Å². The van der Waals surface area contributed by atoms with Gasteiger partial charge in [-0.2, -0.15) is 0 Å². The Morgan fingerprint density at radius 1 is 1.35 bits per heavy atom. The molecule has 2 aliphatic heterocycles. The van der Waals surface area contributed by atoms with Crippen LogP contribution in [0.1, 0.15) is 28.2 Å². The Kier molecular flexibility index (Phi) is 5.21. The van der Waals surface area contributed by atoms with E-state index >= 15 is 0 Å². The number of hydrogen-bond donors (Lipinski definition) is 0. The molecule has 1 unspecified atom stereocenters. The van der Waals surface area contributed by atoms with Crippen LogP contribution in [-0.4, -0.2) is 64.7 Å². The number of rotatable bonds is 4. The van der Waals surface area contributed by atoms with E-state index < -0.39 is 0 Å². The van der Waals surface area contributed by atoms with Crippen LogP contribution < -0.4 is 4.90 Å². The standard InChI is InChI=1S/C18H25N5O2S/c1-14-16(26-18(20-14)22-7-9-25-10-8-22)17(24)23-5-2-3-15(12-23)11-21-6-4-19-13-21/h4,6,13,15H,2-3,5,7-12H2,1H3. The SMILES string of the molecule is Cc1nc(N2CCOCC2)sc1C(=O)N1CCCC(Cn2ccnc2)C1. The molecule has 0 aromatic carbocycles. The predicted octanol–water partition coefficient (Wildman–Crippen LogP) is 2.04. The molecule has 2 saturated heterocycles. The summed E-state index contributed by atoms with van der Waals surface area (Å²) in [6.07, 6.45) is 7.85. The minimum atomic E-state index is 0.134. The lowest BCUT2D eigenvalue weighted by molar-refractivity contribution is 0.0666. The maximum Gasteiger partial charge on any atom is 0.265 e. The number of amides is 1. The number of piperidine rings is 1. The van der Waals surface area contributed by atoms with Gasteiger partial charge in [0.15, 0.2) is 5.13 Å². The summed E-state index contributed by atoms with van der Waals surface area (Å²) in [7, 11) is 0. The monoisotopic (exact) mass is 375 g/mol. The summed E-state index contributed by atoms with van der Waals surface area (Å²) in [5, 5.41) is 0.945. The van der Waals surface area contributed by atoms with Crippen LogP contribution in [0.4, 0.5) is 5.13 Å². The normalized spacial score (nSPS) is 21.2. The number of morpholine rings is 1. The Morgan fingerprint density at radius 2 is 2.19 bits per heavy atom. The van der Waals surface area contributed by atoms with Gasteiger partial charge in [0.1, 0.15) is 4.88 Å². The van der Waals surface area contributed by atoms with Gasteiger partial charge in [0.2, 0.25) is 0 Å². The van der Waals surface area contributed by atoms with Crippen molar-refractivity contribution in [2.75, 3.05) is 44.3 Å². The molecule has 4 heterocycles. The second kappa shape index (κ2) is 7.75. The second-order valence-corrected chi connectivity index (χ2v) is 8.01. The average Bonchev–Trinajstić information content (AvgIpc) is 3.32. The zero-order valence-electron chi connectivity index (χ0n) is 15.1. The maximum atomic E-state index is 13.1. The molecule has 0 aliphatic carbocycles. The van der Waals surface area contributed by atoms with Crippen molar-refractivity contribution in [1.82, 2.24) is 19.4 Å². The molecule has 0 radical (unpaired) electrons. The second-order valence-electron chi connectivity index (χ2n) is 7.03. The lowest BCUT2D eigenvalue weighted by Gasteiger charge is -2.32. The number of carbonyl (C=O) groups is 1. The molecule has 2 aromatic heterocycles. The first-order chi connectivity index (χ1) is 12.7. The highest BCUT2D eigenvalue weighted by Crippen LogP contribution is 2.29. The number of aromatic nitrogens is 3. The molecule has 2 aliphatic rings. The van der Waals surface area contributed by atoms with E-state index in [2.05, 4.69) is 19.4 Å². The van der Waals surface area contributed by atoms with Gasteiger partial charge >= 0.3 is 0 Å². The summed E-state index contributed by atoms with van der Waals surface area (Å²) in [6.45, 7) is 7.65. The highest BCUT2D eigenvalue weighted by atomic mass is 32.1. The molecule has 7 nitrogen and oxygen atoms in total. The van der Waals surface area contributed by atoms with E-state index in [9.17, 15) is 4.79 Å². The molecule has 26 heavy (non-hydrogen) atoms. The summed E-state index contributed by atoms with van der Waals surface area (Å²) in [6, 6.07) is 0. The maximum absolute atomic E-state index is 13.1. The van der Waals surface area contributed by atoms with Crippen LogP contribution in [0.5, 0.6) is 0 Å². The van der Waals surface area contributed by atoms with Crippen LogP contribution >= 0.6 is 11.3 Å². The lowest BCUT2D eigenvalue weighted by atomic mass is 9.97. The molecular formula is C18H25N5O2S. The smallest absolute Gasteiger partial charge is 0.265 e. The van der Waals surface area contributed by atoms with Crippen LogP contribution in [0.15, 0.2) is 18.7 Å². The van der Waals surface area contributed by atoms with E-state index in [0.29, 0.717) is 5.92 Å². The number of imidazole rings is 1. The van der Waals surface area contributed by atoms with Crippen molar-refractivity contribution in [3.8, 4) is 0 Å². The highest BCUT2D eigenvalue weighted by molar-refractivity contribution is 7.17. The molecule has 0 bridgehead atoms. The van der Waals surface area contributed by atoms with Gasteiger partial charge in [-0.25, -0.2) is 9.97 Å². The minimum Gasteiger partial charge on any atom is -0.378 e. The Bertz CT molecular complexity index is 739. The quantitative estimate of drug-likeness (QED) is 0.818. The van der Waals surface area contributed by atoms with Crippen molar-refractivity contribution in [1.29, 1.82) is 0 Å². The highest BCUT2D eigenvalue weighted by Gasteiger charge is 2.28. The summed E-state index contributed by atoms with van der Waals surface area (Å²) < 4.78 is 7.51. The number of thiazole rings is 1. The van der Waals surface area contributed by atoms with Gasteiger partial charge in [-0.1, -0.05) is 11.3 Å². The van der Waals surface area contributed by atoms with Gasteiger partial charge in [0.25, 0.3) is 5.91 Å². The molecule has 0 spiro atoms. The number of likely N-dealkylation sites (tertiary alicyclic amines) is 1. The van der Waals surface area contributed by atoms with Crippen molar-refractivity contribution < 1.29 is 9.53 Å². The zero-order valence-corrected chi connectivity index (χ0v) is 16.0. The Hall–Kier alpha value is -1.93. The van der Waals surface area contributed by atoms with Gasteiger partial charge in [-0.05, 0) is 25.7 Å². The summed E-state index contributed by atoms with van der Waals surface area (Å²) in [5.41, 5.74) is 0.846. The van der Waals surface area contributed by atoms with E-state index in [-0.39, 0.29) is 5.91 Å². The van der Waals surface area contributed by atoms with Crippen molar-refractivity contribution >= 4 is 22.4 Å². The summed E-state index contributed by atoms with van der Waals surface area (Å²) in [4.78, 5) is 26.9. The van der Waals surface area contributed by atoms with Crippen LogP contribution in [0.3, 0.4) is 0 Å². The molecule has 2 fully saturated rings. The first-order valence-corrected chi connectivity index (χ1v) is 10.1. The van der Waals surface area contributed by atoms with E-state index in [1.165, 1.54) is 11.3 Å². The van der Waals surface area contributed by atoms with Gasteiger partial charge in [-0.15, -0.1) is 0 Å². The van der Waals surface area contributed by atoms with Gasteiger partial charge in [-0.3, -0.25) is 4.79 Å². The number of carbonyl (C=O) groups excluding carboxylic acids is 1. The van der Waals surface area contributed by atoms with Crippen LogP contribution in [0, 0.1) is 12.8 Å². The molecule has 4 rings (SSSR count). The number of anilines is 1. The van der Waals surface area contributed by atoms with E-state index in [1.807, 2.05) is 24.3 Å². The molecule has 0 N–H and O–H groups in total. The van der Waals surface area contributed by atoms with Crippen molar-refractivity contribution in [3.63, 3.8) is 0 Å². The van der Waals surface area contributed by atoms with Crippen LogP contribution in [-0.2, 0) is 11.3 Å². The summed E-state index contributed by atoms with van der Waals surface area (Å²) in [5.74, 6) is 0.615. The van der Waals surface area contributed by atoms with E-state index in [1.54, 1.807) is 6.20 Å². The fourth-order valence-corrected chi connectivity index (χ4v) is 4.79. The number of aryl methyl sites for hydroxylation is 1. The largest absolute Gasteiger partial charge is 0.378 e. The average molecular weight is 375 g/mol. The number of ether oxygens (including phenoxy) is 1. The number of nitrogens with zero attached hydrogens (tertiary/aromatic N) is 5. The molecular weight excluding hydrogens is 350 g/mol. The van der Waals surface area contributed by atoms with E-state index in [4.69, 9.17) is 4.74 Å². The van der Waals surface area contributed by atoms with Crippen LogP contribution in [0.25, 0.3) is 0 Å². The van der Waals surface area contributed by atoms with Gasteiger partial charge in [0, 0.05) is 45.1 Å². The first kappa shape index (κ1) is 17.5. The molecule has 140 valence electrons. The third kappa shape index (κ3) is 3.76. The fourth-order valence-electron chi connectivity index (χ4n) is 3.71. The number of hydrogen-bond acceptors (Lipinski definition) is 6. The van der Waals surface area contributed by atoms with E-state index in [0.717, 1.165) is 74.5 Å². The third-order valence-electron chi connectivity index (χ3n) is 5.10.